The Balaban J connectivity index is 1.68. The van der Waals surface area contributed by atoms with Gasteiger partial charge in [0, 0.05) is 22.3 Å². The molecule has 0 unspecified atom stereocenters. The number of hydrogen-bond donors (Lipinski definition) is 0. The molecule has 0 spiro atoms. The summed E-state index contributed by atoms with van der Waals surface area (Å²) in [4.78, 5) is 32.9. The van der Waals surface area contributed by atoms with E-state index in [0.29, 0.717) is 0 Å². The highest BCUT2D eigenvalue weighted by molar-refractivity contribution is 6.31. The van der Waals surface area contributed by atoms with E-state index in [1.807, 2.05) is 6.07 Å². The van der Waals surface area contributed by atoms with Gasteiger partial charge in [0.15, 0.2) is 11.5 Å². The zero-order chi connectivity index (χ0) is 30.6. The molecular formula is C26H26ClF3N6O5. The summed E-state index contributed by atoms with van der Waals surface area (Å²) in [6.07, 6.45) is -4.72. The number of nitriles is 1. The topological polar surface area (TPSA) is 142 Å². The lowest BCUT2D eigenvalue weighted by atomic mass is 9.95. The maximum atomic E-state index is 13.1. The molecule has 0 bridgehead atoms. The van der Waals surface area contributed by atoms with Gasteiger partial charge in [0.25, 0.3) is 0 Å². The normalized spacial score (nSPS) is 12.0. The van der Waals surface area contributed by atoms with Gasteiger partial charge in [-0.15, -0.1) is 5.10 Å². The Kier molecular flexibility index (Phi) is 9.23. The van der Waals surface area contributed by atoms with Gasteiger partial charge in [0.2, 0.25) is 0 Å². The van der Waals surface area contributed by atoms with Crippen LogP contribution in [0, 0.1) is 16.7 Å². The second-order valence-corrected chi connectivity index (χ2v) is 10.8. The first kappa shape index (κ1) is 31.3. The standard InChI is InChI=1S/C26H26ClF3N6O5/c1-24(2,3)41-22(37)25(4,5)14-40-23(38)39-9-8-36-34-18(13-31)20(35-36)15-10-16(12-17(27)11-15)21-32-7-6-19(33-21)26(28,29)30/h6-7,10-12H,8-9,14H2,1-5H3. The SMILES string of the molecule is CC(C)(C)OC(=O)C(C)(C)COC(=O)OCCn1nc(C#N)c(-c2cc(Cl)cc(-c3nccc(C(F)(F)F)n3)c2)n1. The number of carbonyl (C=O) groups excluding carboxylic acids is 2. The summed E-state index contributed by atoms with van der Waals surface area (Å²) in [5.74, 6) is -0.768. The van der Waals surface area contributed by atoms with Crippen molar-refractivity contribution in [2.45, 2.75) is 52.9 Å². The predicted octanol–water partition coefficient (Wildman–Crippen LogP) is 5.47. The molecule has 3 rings (SSSR count). The van der Waals surface area contributed by atoms with Gasteiger partial charge in [-0.2, -0.15) is 28.3 Å². The van der Waals surface area contributed by atoms with Gasteiger partial charge >= 0.3 is 18.3 Å². The lowest BCUT2D eigenvalue weighted by Gasteiger charge is -2.27. The van der Waals surface area contributed by atoms with Crippen LogP contribution in [0.3, 0.4) is 0 Å². The minimum Gasteiger partial charge on any atom is -0.459 e. The molecule has 0 aliphatic carbocycles. The number of carbonyl (C=O) groups is 2. The summed E-state index contributed by atoms with van der Waals surface area (Å²) in [5.41, 5.74) is -2.51. The third-order valence-corrected chi connectivity index (χ3v) is 5.37. The molecule has 0 saturated heterocycles. The van der Waals surface area contributed by atoms with Gasteiger partial charge in [0.1, 0.15) is 36.3 Å². The Bertz CT molecular complexity index is 1480. The van der Waals surface area contributed by atoms with Crippen molar-refractivity contribution in [3.05, 3.63) is 46.9 Å². The first-order valence-electron chi connectivity index (χ1n) is 12.1. The number of aromatic nitrogens is 5. The Morgan fingerprint density at radius 2 is 1.73 bits per heavy atom. The van der Waals surface area contributed by atoms with E-state index < -0.39 is 35.0 Å². The van der Waals surface area contributed by atoms with Crippen LogP contribution in [-0.4, -0.2) is 55.9 Å². The van der Waals surface area contributed by atoms with Gasteiger partial charge in [-0.3, -0.25) is 4.79 Å². The Hall–Kier alpha value is -4.25. The molecule has 0 aliphatic heterocycles. The molecule has 2 aromatic heterocycles. The average molecular weight is 595 g/mol. The molecule has 0 fully saturated rings. The monoisotopic (exact) mass is 594 g/mol. The van der Waals surface area contributed by atoms with Crippen molar-refractivity contribution in [1.82, 2.24) is 25.0 Å². The molecular weight excluding hydrogens is 569 g/mol. The second-order valence-electron chi connectivity index (χ2n) is 10.4. The van der Waals surface area contributed by atoms with Crippen LogP contribution < -0.4 is 0 Å². The molecule has 0 aliphatic rings. The highest BCUT2D eigenvalue weighted by atomic mass is 35.5. The van der Waals surface area contributed by atoms with Crippen molar-refractivity contribution >= 4 is 23.7 Å². The van der Waals surface area contributed by atoms with Crippen LogP contribution in [0.2, 0.25) is 5.02 Å². The number of hydrogen-bond acceptors (Lipinski definition) is 10. The highest BCUT2D eigenvalue weighted by Crippen LogP contribution is 2.32. The maximum absolute atomic E-state index is 13.1. The number of esters is 1. The number of benzene rings is 1. The minimum absolute atomic E-state index is 0.0661. The van der Waals surface area contributed by atoms with Crippen molar-refractivity contribution in [2.24, 2.45) is 5.41 Å². The summed E-state index contributed by atoms with van der Waals surface area (Å²) in [7, 11) is 0. The number of halogens is 4. The van der Waals surface area contributed by atoms with E-state index >= 15 is 0 Å². The van der Waals surface area contributed by atoms with Gasteiger partial charge < -0.3 is 14.2 Å². The minimum atomic E-state index is -4.67. The molecule has 41 heavy (non-hydrogen) atoms. The highest BCUT2D eigenvalue weighted by Gasteiger charge is 2.35. The smallest absolute Gasteiger partial charge is 0.459 e. The molecule has 11 nitrogen and oxygen atoms in total. The lowest BCUT2D eigenvalue weighted by molar-refractivity contribution is -0.168. The van der Waals surface area contributed by atoms with Crippen LogP contribution in [0.15, 0.2) is 30.5 Å². The van der Waals surface area contributed by atoms with Crippen LogP contribution in [-0.2, 0) is 31.7 Å². The molecule has 0 N–H and O–H groups in total. The Labute approximate surface area is 238 Å². The Morgan fingerprint density at radius 3 is 2.37 bits per heavy atom. The Morgan fingerprint density at radius 1 is 1.05 bits per heavy atom. The van der Waals surface area contributed by atoms with Crippen LogP contribution in [0.4, 0.5) is 18.0 Å². The van der Waals surface area contributed by atoms with E-state index in [2.05, 4.69) is 20.2 Å². The first-order chi connectivity index (χ1) is 19.0. The van der Waals surface area contributed by atoms with Gasteiger partial charge in [0.05, 0.1) is 12.0 Å². The zero-order valence-corrected chi connectivity index (χ0v) is 23.5. The molecule has 0 radical (unpaired) electrons. The summed E-state index contributed by atoms with van der Waals surface area (Å²) in [6, 6.07) is 6.89. The van der Waals surface area contributed by atoms with Crippen molar-refractivity contribution in [1.29, 1.82) is 5.26 Å². The molecule has 0 saturated carbocycles. The second kappa shape index (κ2) is 12.1. The number of ether oxygens (including phenoxy) is 3. The summed E-state index contributed by atoms with van der Waals surface area (Å²) >= 11 is 6.20. The fourth-order valence-electron chi connectivity index (χ4n) is 3.20. The first-order valence-corrected chi connectivity index (χ1v) is 12.5. The summed E-state index contributed by atoms with van der Waals surface area (Å²) in [5, 5.41) is 18.0. The molecule has 1 aromatic carbocycles. The van der Waals surface area contributed by atoms with Crippen LogP contribution in [0.25, 0.3) is 22.6 Å². The van der Waals surface area contributed by atoms with Crippen LogP contribution in [0.5, 0.6) is 0 Å². The van der Waals surface area contributed by atoms with Gasteiger partial charge in [-0.1, -0.05) is 11.6 Å². The van der Waals surface area contributed by atoms with Crippen molar-refractivity contribution in [2.75, 3.05) is 13.2 Å². The van der Waals surface area contributed by atoms with Crippen molar-refractivity contribution < 1.29 is 37.0 Å². The largest absolute Gasteiger partial charge is 0.508 e. The summed E-state index contributed by atoms with van der Waals surface area (Å²) in [6.45, 7) is 7.71. The molecule has 3 aromatic rings. The average Bonchev–Trinajstić information content (AvgIpc) is 3.29. The fraction of sp³-hybridized carbons (Fsp3) is 0.423. The maximum Gasteiger partial charge on any atom is 0.508 e. The summed E-state index contributed by atoms with van der Waals surface area (Å²) < 4.78 is 54.7. The van der Waals surface area contributed by atoms with Crippen LogP contribution >= 0.6 is 11.6 Å². The van der Waals surface area contributed by atoms with E-state index in [0.717, 1.165) is 17.1 Å². The molecule has 0 atom stereocenters. The molecule has 2 heterocycles. The van der Waals surface area contributed by atoms with E-state index in [-0.39, 0.29) is 53.1 Å². The van der Waals surface area contributed by atoms with Gasteiger partial charge in [-0.25, -0.2) is 14.8 Å². The molecule has 15 heteroatoms. The van der Waals surface area contributed by atoms with E-state index in [1.165, 1.54) is 18.2 Å². The van der Waals surface area contributed by atoms with E-state index in [4.69, 9.17) is 25.8 Å². The lowest BCUT2D eigenvalue weighted by Crippen LogP contribution is -2.37. The number of alkyl halides is 3. The third-order valence-electron chi connectivity index (χ3n) is 5.15. The van der Waals surface area contributed by atoms with Crippen molar-refractivity contribution in [3.8, 4) is 28.7 Å². The van der Waals surface area contributed by atoms with E-state index in [1.54, 1.807) is 34.6 Å². The predicted molar refractivity (Wildman–Crippen MR) is 138 cm³/mol. The van der Waals surface area contributed by atoms with Gasteiger partial charge in [-0.05, 0) is 58.9 Å². The van der Waals surface area contributed by atoms with Crippen molar-refractivity contribution in [3.63, 3.8) is 0 Å². The molecule has 218 valence electrons. The number of nitrogens with zero attached hydrogens (tertiary/aromatic N) is 6. The van der Waals surface area contributed by atoms with E-state index in [9.17, 15) is 28.0 Å². The molecule has 0 amide bonds. The number of rotatable bonds is 8. The quantitative estimate of drug-likeness (QED) is 0.308. The third kappa shape index (κ3) is 8.62. The zero-order valence-electron chi connectivity index (χ0n) is 22.7. The van der Waals surface area contributed by atoms with Crippen LogP contribution in [0.1, 0.15) is 46.0 Å². The fourth-order valence-corrected chi connectivity index (χ4v) is 3.43.